The Morgan fingerprint density at radius 3 is 2.71 bits per heavy atom. The van der Waals surface area contributed by atoms with Gasteiger partial charge in [0, 0.05) is 23.1 Å². The number of carbonyl (C=O) groups is 1. The zero-order valence-electron chi connectivity index (χ0n) is 21.5. The van der Waals surface area contributed by atoms with E-state index in [1.54, 1.807) is 17.1 Å². The highest BCUT2D eigenvalue weighted by Crippen LogP contribution is 2.45. The molecule has 0 saturated heterocycles. The summed E-state index contributed by atoms with van der Waals surface area (Å²) in [6.45, 7) is 4.56. The topological polar surface area (TPSA) is 75.5 Å². The number of hydrogen-bond acceptors (Lipinski definition) is 6. The first kappa shape index (κ1) is 24.2. The fourth-order valence-corrected chi connectivity index (χ4v) is 5.81. The molecule has 0 fully saturated rings. The Hall–Kier alpha value is -4.20. The number of ether oxygens (including phenoxy) is 3. The molecule has 194 valence electrons. The van der Waals surface area contributed by atoms with Crippen LogP contribution in [0.15, 0.2) is 55.1 Å². The van der Waals surface area contributed by atoms with Gasteiger partial charge < -0.3 is 14.2 Å². The molecule has 7 nitrogen and oxygen atoms in total. The molecule has 0 bridgehead atoms. The number of aromatic nitrogens is 3. The minimum absolute atomic E-state index is 0.0406. The van der Waals surface area contributed by atoms with Gasteiger partial charge in [0.05, 0.1) is 25.8 Å². The maximum Gasteiger partial charge on any atom is 0.306 e. The summed E-state index contributed by atoms with van der Waals surface area (Å²) in [6.07, 6.45) is 4.46. The summed E-state index contributed by atoms with van der Waals surface area (Å²) in [7, 11) is 1.39. The lowest BCUT2D eigenvalue weighted by Crippen LogP contribution is -2.09. The summed E-state index contributed by atoms with van der Waals surface area (Å²) in [5.41, 5.74) is 7.83. The zero-order valence-corrected chi connectivity index (χ0v) is 21.5. The largest absolute Gasteiger partial charge is 0.492 e. The van der Waals surface area contributed by atoms with E-state index in [4.69, 9.17) is 14.2 Å². The highest BCUT2D eigenvalue weighted by atomic mass is 19.1. The quantitative estimate of drug-likeness (QED) is 0.304. The minimum atomic E-state index is -0.398. The summed E-state index contributed by atoms with van der Waals surface area (Å²) in [6, 6.07) is 13.2. The Morgan fingerprint density at radius 1 is 1.16 bits per heavy atom. The number of hydrogen-bond donors (Lipinski definition) is 0. The first-order valence-corrected chi connectivity index (χ1v) is 12.7. The molecule has 38 heavy (non-hydrogen) atoms. The predicted molar refractivity (Wildman–Crippen MR) is 139 cm³/mol. The third-order valence-electron chi connectivity index (χ3n) is 7.54. The van der Waals surface area contributed by atoms with Crippen LogP contribution in [0.25, 0.3) is 16.8 Å². The Bertz CT molecular complexity index is 1510. The molecule has 2 aliphatic rings. The Balaban J connectivity index is 1.29. The van der Waals surface area contributed by atoms with Gasteiger partial charge in [0.15, 0.2) is 0 Å². The summed E-state index contributed by atoms with van der Waals surface area (Å²) < 4.78 is 33.9. The molecule has 0 spiro atoms. The molecule has 1 aliphatic carbocycles. The summed E-state index contributed by atoms with van der Waals surface area (Å²) in [5.74, 6) is 0.758. The molecule has 6 rings (SSSR count). The van der Waals surface area contributed by atoms with Crippen LogP contribution in [-0.2, 0) is 16.0 Å². The lowest BCUT2D eigenvalue weighted by Gasteiger charge is -2.19. The SMILES string of the molecule is COC(=O)CC1COc2cc(O[C@@H]3CCc4c(-c5c(C)cc(-n6cncn6)cc5C)ccc(F)c43)ccc21. The van der Waals surface area contributed by atoms with Crippen molar-refractivity contribution in [3.63, 3.8) is 0 Å². The molecule has 4 aromatic rings. The van der Waals surface area contributed by atoms with E-state index in [9.17, 15) is 4.79 Å². The van der Waals surface area contributed by atoms with Gasteiger partial charge in [-0.1, -0.05) is 12.1 Å². The van der Waals surface area contributed by atoms with Crippen molar-refractivity contribution in [2.24, 2.45) is 0 Å². The molecule has 1 aliphatic heterocycles. The fourth-order valence-electron chi connectivity index (χ4n) is 5.81. The van der Waals surface area contributed by atoms with Gasteiger partial charge >= 0.3 is 5.97 Å². The average molecular weight is 514 g/mol. The number of halogens is 1. The maximum absolute atomic E-state index is 15.2. The van der Waals surface area contributed by atoms with E-state index in [2.05, 4.69) is 36.1 Å². The molecule has 0 saturated carbocycles. The molecule has 3 aromatic carbocycles. The van der Waals surface area contributed by atoms with Gasteiger partial charge in [-0.25, -0.2) is 14.1 Å². The molecule has 2 atom stereocenters. The van der Waals surface area contributed by atoms with Crippen LogP contribution in [0, 0.1) is 19.7 Å². The van der Waals surface area contributed by atoms with Crippen molar-refractivity contribution in [3.05, 3.63) is 88.8 Å². The van der Waals surface area contributed by atoms with Crippen molar-refractivity contribution in [2.75, 3.05) is 13.7 Å². The van der Waals surface area contributed by atoms with Crippen molar-refractivity contribution in [2.45, 2.75) is 45.1 Å². The summed E-state index contributed by atoms with van der Waals surface area (Å²) >= 11 is 0. The molecular weight excluding hydrogens is 485 g/mol. The molecule has 0 radical (unpaired) electrons. The van der Waals surface area contributed by atoms with Crippen LogP contribution in [0.2, 0.25) is 0 Å². The fraction of sp³-hybridized carbons (Fsp3) is 0.300. The highest BCUT2D eigenvalue weighted by Gasteiger charge is 2.32. The van der Waals surface area contributed by atoms with Crippen LogP contribution >= 0.6 is 0 Å². The molecule has 8 heteroatoms. The van der Waals surface area contributed by atoms with Crippen LogP contribution in [0.3, 0.4) is 0 Å². The normalized spacial score (nSPS) is 17.6. The number of nitrogens with zero attached hydrogens (tertiary/aromatic N) is 3. The number of esters is 1. The molecule has 0 N–H and O–H groups in total. The molecule has 0 amide bonds. The van der Waals surface area contributed by atoms with Gasteiger partial charge in [-0.15, -0.1) is 0 Å². The standard InChI is InChI=1S/C30H28FN3O4/c1-17-10-20(34-16-32-15-33-34)11-18(2)29(17)23-6-8-25(31)30-24(23)7-9-26(30)38-21-4-5-22-19(12-28(35)36-3)14-37-27(22)13-21/h4-6,8,10-11,13,15-16,19,26H,7,9,12,14H2,1-3H3/t19?,26-/m1/s1. The second kappa shape index (κ2) is 9.59. The number of rotatable bonds is 6. The zero-order chi connectivity index (χ0) is 26.4. The monoisotopic (exact) mass is 513 g/mol. The van der Waals surface area contributed by atoms with Gasteiger partial charge in [0.25, 0.3) is 0 Å². The van der Waals surface area contributed by atoms with Gasteiger partial charge in [-0.3, -0.25) is 4.79 Å². The first-order chi connectivity index (χ1) is 18.4. The maximum atomic E-state index is 15.2. The van der Waals surface area contributed by atoms with Crippen LogP contribution in [0.4, 0.5) is 4.39 Å². The lowest BCUT2D eigenvalue weighted by molar-refractivity contribution is -0.141. The third kappa shape index (κ3) is 4.20. The van der Waals surface area contributed by atoms with Crippen molar-refractivity contribution in [3.8, 4) is 28.3 Å². The van der Waals surface area contributed by atoms with Crippen LogP contribution < -0.4 is 9.47 Å². The minimum Gasteiger partial charge on any atom is -0.492 e. The van der Waals surface area contributed by atoms with Crippen molar-refractivity contribution in [1.82, 2.24) is 14.8 Å². The van der Waals surface area contributed by atoms with E-state index < -0.39 is 6.10 Å². The lowest BCUT2D eigenvalue weighted by atomic mass is 9.90. The first-order valence-electron chi connectivity index (χ1n) is 12.7. The Kier molecular flexibility index (Phi) is 6.10. The molecular formula is C30H28FN3O4. The molecule has 2 heterocycles. The van der Waals surface area contributed by atoms with Gasteiger partial charge in [-0.2, -0.15) is 5.10 Å². The summed E-state index contributed by atoms with van der Waals surface area (Å²) in [5, 5.41) is 4.24. The van der Waals surface area contributed by atoms with Gasteiger partial charge in [0.1, 0.15) is 36.1 Å². The van der Waals surface area contributed by atoms with E-state index in [1.165, 1.54) is 13.4 Å². The number of benzene rings is 3. The third-order valence-corrected chi connectivity index (χ3v) is 7.54. The average Bonchev–Trinajstić information content (AvgIpc) is 3.66. The highest BCUT2D eigenvalue weighted by molar-refractivity contribution is 5.77. The predicted octanol–water partition coefficient (Wildman–Crippen LogP) is 5.80. The van der Waals surface area contributed by atoms with Crippen LogP contribution in [0.1, 0.15) is 52.7 Å². The van der Waals surface area contributed by atoms with Crippen LogP contribution in [-0.4, -0.2) is 34.5 Å². The van der Waals surface area contributed by atoms with Gasteiger partial charge in [-0.05, 0) is 78.8 Å². The van der Waals surface area contributed by atoms with Crippen molar-refractivity contribution < 1.29 is 23.4 Å². The molecule has 1 unspecified atom stereocenters. The van der Waals surface area contributed by atoms with Gasteiger partial charge in [0.2, 0.25) is 0 Å². The second-order valence-electron chi connectivity index (χ2n) is 9.91. The number of methoxy groups -OCH3 is 1. The number of fused-ring (bicyclic) bond motifs is 2. The van der Waals surface area contributed by atoms with Crippen molar-refractivity contribution in [1.29, 1.82) is 0 Å². The Labute approximate surface area is 220 Å². The van der Waals surface area contributed by atoms with E-state index in [-0.39, 0.29) is 24.1 Å². The smallest absolute Gasteiger partial charge is 0.306 e. The molecule has 1 aromatic heterocycles. The number of aryl methyl sites for hydroxylation is 2. The van der Waals surface area contributed by atoms with E-state index in [0.29, 0.717) is 30.1 Å². The second-order valence-corrected chi connectivity index (χ2v) is 9.91. The van der Waals surface area contributed by atoms with Crippen LogP contribution in [0.5, 0.6) is 11.5 Å². The van der Waals surface area contributed by atoms with E-state index in [0.717, 1.165) is 45.5 Å². The van der Waals surface area contributed by atoms with Crippen molar-refractivity contribution >= 4 is 5.97 Å². The van der Waals surface area contributed by atoms with E-state index in [1.807, 2.05) is 24.3 Å². The summed E-state index contributed by atoms with van der Waals surface area (Å²) in [4.78, 5) is 15.8. The Morgan fingerprint density at radius 2 is 1.97 bits per heavy atom. The number of carbonyl (C=O) groups excluding carboxylic acids is 1. The van der Waals surface area contributed by atoms with E-state index >= 15 is 4.39 Å².